The molecule has 0 aliphatic carbocycles. The van der Waals surface area contributed by atoms with Crippen LogP contribution in [0.5, 0.6) is 0 Å². The van der Waals surface area contributed by atoms with E-state index in [2.05, 4.69) is 53.5 Å². The average Bonchev–Trinajstić information content (AvgIpc) is 2.95. The molecule has 0 saturated carbocycles. The van der Waals surface area contributed by atoms with Crippen molar-refractivity contribution in [1.82, 2.24) is 4.98 Å². The lowest BCUT2D eigenvalue weighted by atomic mass is 9.81. The second-order valence-electron chi connectivity index (χ2n) is 5.00. The number of hydrogen-bond acceptors (Lipinski definition) is 2. The highest BCUT2D eigenvalue weighted by molar-refractivity contribution is 6.58. The Hall–Kier alpha value is -2.56. The third-order valence-corrected chi connectivity index (χ3v) is 3.51. The molecule has 3 N–H and O–H groups in total. The number of fused-ring (bicyclic) bond motifs is 3. The summed E-state index contributed by atoms with van der Waals surface area (Å²) in [7, 11) is -1.34. The van der Waals surface area contributed by atoms with E-state index in [4.69, 9.17) is 10.0 Å². The first-order valence-corrected chi connectivity index (χ1v) is 7.12. The molecule has 4 rings (SSSR count). The second-order valence-corrected chi connectivity index (χ2v) is 5.00. The van der Waals surface area contributed by atoms with Crippen molar-refractivity contribution in [3.05, 3.63) is 78.9 Å². The van der Waals surface area contributed by atoms with Gasteiger partial charge < -0.3 is 15.0 Å². The van der Waals surface area contributed by atoms with Crippen LogP contribution in [0.25, 0.3) is 21.8 Å². The van der Waals surface area contributed by atoms with Gasteiger partial charge in [0.05, 0.1) is 0 Å². The summed E-state index contributed by atoms with van der Waals surface area (Å²) >= 11 is 0. The number of aromatic nitrogens is 1. The number of hydrogen-bond donors (Lipinski definition) is 3. The molecule has 0 bridgehead atoms. The number of H-pyrrole nitrogens is 1. The Morgan fingerprint density at radius 1 is 0.591 bits per heavy atom. The molecule has 0 amide bonds. The Labute approximate surface area is 129 Å². The zero-order valence-electron chi connectivity index (χ0n) is 12.0. The molecule has 4 heteroatoms. The molecule has 3 nitrogen and oxygen atoms in total. The van der Waals surface area contributed by atoms with Crippen LogP contribution in [-0.4, -0.2) is 22.2 Å². The van der Waals surface area contributed by atoms with Crippen LogP contribution in [-0.2, 0) is 0 Å². The zero-order valence-corrected chi connectivity index (χ0v) is 12.0. The molecule has 0 radical (unpaired) electrons. The third kappa shape index (κ3) is 3.03. The Bertz CT molecular complexity index is 821. The van der Waals surface area contributed by atoms with Crippen molar-refractivity contribution in [3.8, 4) is 0 Å². The minimum absolute atomic E-state index is 0.525. The number of benzene rings is 3. The lowest BCUT2D eigenvalue weighted by Gasteiger charge is -1.94. The van der Waals surface area contributed by atoms with Gasteiger partial charge in [-0.2, -0.15) is 0 Å². The van der Waals surface area contributed by atoms with E-state index >= 15 is 0 Å². The smallest absolute Gasteiger partial charge is 0.423 e. The minimum Gasteiger partial charge on any atom is -0.423 e. The number of nitrogens with one attached hydrogen (secondary N) is 1. The number of aromatic amines is 1. The van der Waals surface area contributed by atoms with Crippen molar-refractivity contribution in [2.24, 2.45) is 0 Å². The van der Waals surface area contributed by atoms with E-state index < -0.39 is 7.12 Å². The topological polar surface area (TPSA) is 56.2 Å². The fraction of sp³-hybridized carbons (Fsp3) is 0. The summed E-state index contributed by atoms with van der Waals surface area (Å²) in [5.41, 5.74) is 2.95. The van der Waals surface area contributed by atoms with E-state index in [1.165, 1.54) is 21.8 Å². The minimum atomic E-state index is -1.34. The van der Waals surface area contributed by atoms with E-state index in [9.17, 15) is 0 Å². The summed E-state index contributed by atoms with van der Waals surface area (Å²) < 4.78 is 0. The Balaban J connectivity index is 0.000000142. The Morgan fingerprint density at radius 2 is 1.05 bits per heavy atom. The fourth-order valence-electron chi connectivity index (χ4n) is 2.42. The van der Waals surface area contributed by atoms with Gasteiger partial charge in [-0.1, -0.05) is 66.7 Å². The van der Waals surface area contributed by atoms with Gasteiger partial charge in [0, 0.05) is 21.8 Å². The van der Waals surface area contributed by atoms with Crippen molar-refractivity contribution in [1.29, 1.82) is 0 Å². The van der Waals surface area contributed by atoms with Gasteiger partial charge in [0.25, 0.3) is 0 Å². The van der Waals surface area contributed by atoms with Crippen LogP contribution in [0, 0.1) is 0 Å². The van der Waals surface area contributed by atoms with E-state index in [1.54, 1.807) is 24.3 Å². The highest BCUT2D eigenvalue weighted by Gasteiger charge is 2.07. The molecular weight excluding hydrogens is 273 g/mol. The maximum Gasteiger partial charge on any atom is 0.488 e. The van der Waals surface area contributed by atoms with Gasteiger partial charge in [-0.15, -0.1) is 0 Å². The van der Waals surface area contributed by atoms with Crippen LogP contribution >= 0.6 is 0 Å². The first-order valence-electron chi connectivity index (χ1n) is 7.12. The summed E-state index contributed by atoms with van der Waals surface area (Å²) in [6.07, 6.45) is 0. The molecule has 0 unspecified atom stereocenters. The highest BCUT2D eigenvalue weighted by Crippen LogP contribution is 2.24. The van der Waals surface area contributed by atoms with Crippen molar-refractivity contribution < 1.29 is 10.0 Å². The van der Waals surface area contributed by atoms with E-state index in [-0.39, 0.29) is 0 Å². The lowest BCUT2D eigenvalue weighted by Crippen LogP contribution is -2.29. The first kappa shape index (κ1) is 14.4. The molecule has 1 aromatic heterocycles. The largest absolute Gasteiger partial charge is 0.488 e. The molecule has 108 valence electrons. The molecule has 0 saturated heterocycles. The van der Waals surface area contributed by atoms with Crippen LogP contribution in [0.3, 0.4) is 0 Å². The predicted octanol–water partition coefficient (Wildman–Crippen LogP) is 2.69. The van der Waals surface area contributed by atoms with Gasteiger partial charge >= 0.3 is 7.12 Å². The van der Waals surface area contributed by atoms with Gasteiger partial charge in [0.15, 0.2) is 0 Å². The maximum atomic E-state index is 8.58. The highest BCUT2D eigenvalue weighted by atomic mass is 16.4. The van der Waals surface area contributed by atoms with Crippen molar-refractivity contribution >= 4 is 34.4 Å². The van der Waals surface area contributed by atoms with Gasteiger partial charge in [0.2, 0.25) is 0 Å². The van der Waals surface area contributed by atoms with Crippen LogP contribution in [0.2, 0.25) is 0 Å². The van der Waals surface area contributed by atoms with Crippen LogP contribution in [0.1, 0.15) is 0 Å². The van der Waals surface area contributed by atoms with Crippen molar-refractivity contribution in [3.63, 3.8) is 0 Å². The maximum absolute atomic E-state index is 8.58. The summed E-state index contributed by atoms with van der Waals surface area (Å²) in [6.45, 7) is 0. The Morgan fingerprint density at radius 3 is 1.50 bits per heavy atom. The van der Waals surface area contributed by atoms with Gasteiger partial charge in [0.1, 0.15) is 0 Å². The molecule has 0 aliphatic heterocycles. The normalized spacial score (nSPS) is 10.3. The van der Waals surface area contributed by atoms with Crippen LogP contribution < -0.4 is 5.46 Å². The van der Waals surface area contributed by atoms with Crippen molar-refractivity contribution in [2.45, 2.75) is 0 Å². The van der Waals surface area contributed by atoms with Gasteiger partial charge in [-0.05, 0) is 17.6 Å². The zero-order chi connectivity index (χ0) is 15.4. The molecule has 0 aliphatic rings. The molecule has 0 atom stereocenters. The van der Waals surface area contributed by atoms with Crippen LogP contribution in [0.15, 0.2) is 78.9 Å². The Kier molecular flexibility index (Phi) is 4.23. The van der Waals surface area contributed by atoms with Crippen molar-refractivity contribution in [2.75, 3.05) is 0 Å². The monoisotopic (exact) mass is 289 g/mol. The van der Waals surface area contributed by atoms with E-state index in [0.29, 0.717) is 5.46 Å². The molecular formula is C18H16BNO2. The number of para-hydroxylation sites is 2. The average molecular weight is 289 g/mol. The fourth-order valence-corrected chi connectivity index (χ4v) is 2.42. The predicted molar refractivity (Wildman–Crippen MR) is 92.1 cm³/mol. The van der Waals surface area contributed by atoms with Crippen LogP contribution in [0.4, 0.5) is 0 Å². The van der Waals surface area contributed by atoms with E-state index in [1.807, 2.05) is 6.07 Å². The first-order chi connectivity index (χ1) is 10.8. The summed E-state index contributed by atoms with van der Waals surface area (Å²) in [5, 5.41) is 19.8. The van der Waals surface area contributed by atoms with Gasteiger partial charge in [-0.25, -0.2) is 0 Å². The quantitative estimate of drug-likeness (QED) is 0.472. The van der Waals surface area contributed by atoms with Gasteiger partial charge in [-0.3, -0.25) is 0 Å². The molecule has 0 fully saturated rings. The molecule has 0 spiro atoms. The summed E-state index contributed by atoms with van der Waals surface area (Å²) in [5.74, 6) is 0. The summed E-state index contributed by atoms with van der Waals surface area (Å²) in [4.78, 5) is 3.38. The third-order valence-electron chi connectivity index (χ3n) is 3.51. The lowest BCUT2D eigenvalue weighted by molar-refractivity contribution is 0.426. The molecule has 1 heterocycles. The molecule has 22 heavy (non-hydrogen) atoms. The molecule has 3 aromatic carbocycles. The number of rotatable bonds is 1. The molecule has 4 aromatic rings. The summed E-state index contributed by atoms with van der Waals surface area (Å²) in [6, 6.07) is 25.4. The SMILES string of the molecule is OB(O)c1ccccc1.c1ccc2c(c1)[nH]c1ccccc12. The second kappa shape index (κ2) is 6.47. The standard InChI is InChI=1S/C12H9N.C6H7BO2/c1-3-7-11-9(5-1)10-6-2-4-8-12(10)13-11;8-7(9)6-4-2-1-3-5-6/h1-8,13H;1-5,8-9H. The van der Waals surface area contributed by atoms with E-state index in [0.717, 1.165) is 0 Å².